The number of aliphatic hydroxyl groups is 1. The summed E-state index contributed by atoms with van der Waals surface area (Å²) < 4.78 is 0. The van der Waals surface area contributed by atoms with Crippen molar-refractivity contribution in [1.82, 2.24) is 0 Å². The third kappa shape index (κ3) is 3.00. The molecule has 0 atom stereocenters. The van der Waals surface area contributed by atoms with Gasteiger partial charge in [0.1, 0.15) is 0 Å². The zero-order valence-corrected chi connectivity index (χ0v) is 10.7. The van der Waals surface area contributed by atoms with Crippen molar-refractivity contribution in [1.29, 1.82) is 0 Å². The number of benzene rings is 2. The van der Waals surface area contributed by atoms with Gasteiger partial charge in [0.05, 0.1) is 6.61 Å². The van der Waals surface area contributed by atoms with Crippen molar-refractivity contribution in [3.05, 3.63) is 65.7 Å². The van der Waals surface area contributed by atoms with E-state index >= 15 is 0 Å². The summed E-state index contributed by atoms with van der Waals surface area (Å²) in [7, 11) is 0. The second-order valence-electron chi connectivity index (χ2n) is 3.76. The van der Waals surface area contributed by atoms with Crippen LogP contribution < -0.4 is 0 Å². The fourth-order valence-electron chi connectivity index (χ4n) is 1.68. The van der Waals surface area contributed by atoms with Gasteiger partial charge >= 0.3 is 0 Å². The van der Waals surface area contributed by atoms with E-state index in [9.17, 15) is 4.79 Å². The Morgan fingerprint density at radius 3 is 2.39 bits per heavy atom. The topological polar surface area (TPSA) is 37.3 Å². The molecule has 92 valence electrons. The van der Waals surface area contributed by atoms with Crippen molar-refractivity contribution in [2.24, 2.45) is 0 Å². The van der Waals surface area contributed by atoms with Crippen molar-refractivity contribution in [2.75, 3.05) is 12.4 Å². The highest BCUT2D eigenvalue weighted by atomic mass is 32.2. The molecule has 1 N–H and O–H groups in total. The van der Waals surface area contributed by atoms with Gasteiger partial charge in [-0.05, 0) is 12.1 Å². The molecule has 0 spiro atoms. The number of aliphatic hydroxyl groups excluding tert-OH is 1. The van der Waals surface area contributed by atoms with Gasteiger partial charge in [0, 0.05) is 21.8 Å². The van der Waals surface area contributed by atoms with Gasteiger partial charge in [-0.25, -0.2) is 0 Å². The molecule has 2 aromatic carbocycles. The number of hydrogen-bond donors (Lipinski definition) is 1. The average Bonchev–Trinajstić information content (AvgIpc) is 2.45. The van der Waals surface area contributed by atoms with E-state index in [0.29, 0.717) is 16.9 Å². The van der Waals surface area contributed by atoms with E-state index in [0.717, 1.165) is 4.90 Å². The standard InChI is InChI=1S/C15H14O2S/c16-10-11-18-14-9-5-4-8-13(14)15(17)12-6-2-1-3-7-12/h1-9,16H,10-11H2. The summed E-state index contributed by atoms with van der Waals surface area (Å²) >= 11 is 1.50. The second-order valence-corrected chi connectivity index (χ2v) is 4.90. The second kappa shape index (κ2) is 6.38. The van der Waals surface area contributed by atoms with Crippen LogP contribution in [0.25, 0.3) is 0 Å². The van der Waals surface area contributed by atoms with Gasteiger partial charge in [-0.15, -0.1) is 11.8 Å². The van der Waals surface area contributed by atoms with E-state index in [1.807, 2.05) is 54.6 Å². The lowest BCUT2D eigenvalue weighted by atomic mass is 10.0. The third-order valence-electron chi connectivity index (χ3n) is 2.52. The van der Waals surface area contributed by atoms with Gasteiger partial charge in [-0.1, -0.05) is 42.5 Å². The Morgan fingerprint density at radius 1 is 1.00 bits per heavy atom. The fourth-order valence-corrected chi connectivity index (χ4v) is 2.48. The Bertz CT molecular complexity index is 523. The smallest absolute Gasteiger partial charge is 0.194 e. The van der Waals surface area contributed by atoms with E-state index in [2.05, 4.69) is 0 Å². The van der Waals surface area contributed by atoms with Crippen molar-refractivity contribution in [2.45, 2.75) is 4.90 Å². The molecular weight excluding hydrogens is 244 g/mol. The van der Waals surface area contributed by atoms with E-state index in [1.165, 1.54) is 11.8 Å². The first kappa shape index (κ1) is 12.9. The molecule has 2 aromatic rings. The van der Waals surface area contributed by atoms with Gasteiger partial charge in [-0.3, -0.25) is 4.79 Å². The average molecular weight is 258 g/mol. The van der Waals surface area contributed by atoms with Crippen LogP contribution >= 0.6 is 11.8 Å². The normalized spacial score (nSPS) is 10.3. The SMILES string of the molecule is O=C(c1ccccc1)c1ccccc1SCCO. The first-order valence-electron chi connectivity index (χ1n) is 5.75. The number of thioether (sulfide) groups is 1. The summed E-state index contributed by atoms with van der Waals surface area (Å²) in [5.74, 6) is 0.621. The lowest BCUT2D eigenvalue weighted by Gasteiger charge is -2.07. The molecule has 0 fully saturated rings. The number of rotatable bonds is 5. The van der Waals surface area contributed by atoms with Crippen LogP contribution in [0, 0.1) is 0 Å². The molecular formula is C15H14O2S. The maximum atomic E-state index is 12.4. The van der Waals surface area contributed by atoms with Crippen molar-refractivity contribution in [3.63, 3.8) is 0 Å². The van der Waals surface area contributed by atoms with Crippen LogP contribution in [0.1, 0.15) is 15.9 Å². The number of carbonyl (C=O) groups excluding carboxylic acids is 1. The Hall–Kier alpha value is -1.58. The summed E-state index contributed by atoms with van der Waals surface area (Å²) in [6.45, 7) is 0.110. The van der Waals surface area contributed by atoms with Crippen molar-refractivity contribution >= 4 is 17.5 Å². The first-order chi connectivity index (χ1) is 8.83. The highest BCUT2D eigenvalue weighted by molar-refractivity contribution is 7.99. The molecule has 2 nitrogen and oxygen atoms in total. The number of hydrogen-bond acceptors (Lipinski definition) is 3. The van der Waals surface area contributed by atoms with Gasteiger partial charge in [0.15, 0.2) is 5.78 Å². The van der Waals surface area contributed by atoms with Crippen LogP contribution in [-0.4, -0.2) is 23.2 Å². The van der Waals surface area contributed by atoms with Crippen LogP contribution in [0.2, 0.25) is 0 Å². The fraction of sp³-hybridized carbons (Fsp3) is 0.133. The minimum Gasteiger partial charge on any atom is -0.396 e. The number of ketones is 1. The molecule has 0 radical (unpaired) electrons. The summed E-state index contributed by atoms with van der Waals surface area (Å²) in [5, 5.41) is 8.87. The zero-order chi connectivity index (χ0) is 12.8. The molecule has 0 saturated heterocycles. The highest BCUT2D eigenvalue weighted by Crippen LogP contribution is 2.24. The quantitative estimate of drug-likeness (QED) is 0.661. The summed E-state index contributed by atoms with van der Waals surface area (Å²) in [6.07, 6.45) is 0. The maximum absolute atomic E-state index is 12.4. The van der Waals surface area contributed by atoms with Crippen LogP contribution in [0.4, 0.5) is 0 Å². The summed E-state index contributed by atoms with van der Waals surface area (Å²) in [4.78, 5) is 13.3. The molecule has 0 unspecified atom stereocenters. The lowest BCUT2D eigenvalue weighted by molar-refractivity contribution is 0.103. The van der Waals surface area contributed by atoms with Gasteiger partial charge in [-0.2, -0.15) is 0 Å². The van der Waals surface area contributed by atoms with Gasteiger partial charge < -0.3 is 5.11 Å². The predicted octanol–water partition coefficient (Wildman–Crippen LogP) is 3.00. The molecule has 0 aliphatic heterocycles. The highest BCUT2D eigenvalue weighted by Gasteiger charge is 2.12. The Morgan fingerprint density at radius 2 is 1.67 bits per heavy atom. The minimum absolute atomic E-state index is 0.0247. The molecule has 18 heavy (non-hydrogen) atoms. The summed E-state index contributed by atoms with van der Waals surface area (Å²) in [6, 6.07) is 16.7. The molecule has 2 rings (SSSR count). The van der Waals surface area contributed by atoms with Crippen molar-refractivity contribution < 1.29 is 9.90 Å². The Kier molecular flexibility index (Phi) is 4.56. The van der Waals surface area contributed by atoms with Crippen LogP contribution in [0.5, 0.6) is 0 Å². The molecule has 3 heteroatoms. The first-order valence-corrected chi connectivity index (χ1v) is 6.74. The van der Waals surface area contributed by atoms with E-state index in [-0.39, 0.29) is 12.4 Å². The summed E-state index contributed by atoms with van der Waals surface area (Å²) in [5.41, 5.74) is 1.39. The Balaban J connectivity index is 2.30. The molecule has 0 heterocycles. The third-order valence-corrected chi connectivity index (χ3v) is 3.57. The predicted molar refractivity (Wildman–Crippen MR) is 74.1 cm³/mol. The monoisotopic (exact) mass is 258 g/mol. The van der Waals surface area contributed by atoms with Crippen molar-refractivity contribution in [3.8, 4) is 0 Å². The molecule has 0 aliphatic rings. The van der Waals surface area contributed by atoms with E-state index < -0.39 is 0 Å². The number of carbonyl (C=O) groups is 1. The van der Waals surface area contributed by atoms with E-state index in [4.69, 9.17) is 5.11 Å². The molecule has 0 bridgehead atoms. The Labute approximate surface area is 111 Å². The largest absolute Gasteiger partial charge is 0.396 e. The minimum atomic E-state index is 0.0247. The van der Waals surface area contributed by atoms with Crippen LogP contribution in [-0.2, 0) is 0 Å². The van der Waals surface area contributed by atoms with Gasteiger partial charge in [0.25, 0.3) is 0 Å². The van der Waals surface area contributed by atoms with E-state index in [1.54, 1.807) is 0 Å². The molecule has 0 aliphatic carbocycles. The lowest BCUT2D eigenvalue weighted by Crippen LogP contribution is -2.03. The maximum Gasteiger partial charge on any atom is 0.194 e. The van der Waals surface area contributed by atoms with Crippen LogP contribution in [0.15, 0.2) is 59.5 Å². The van der Waals surface area contributed by atoms with Crippen LogP contribution in [0.3, 0.4) is 0 Å². The molecule has 0 amide bonds. The molecule has 0 aromatic heterocycles. The van der Waals surface area contributed by atoms with Gasteiger partial charge in [0.2, 0.25) is 0 Å². The molecule has 0 saturated carbocycles. The zero-order valence-electron chi connectivity index (χ0n) is 9.87.